The largest absolute Gasteiger partial charge is 0.316 e. The van der Waals surface area contributed by atoms with Crippen molar-refractivity contribution in [2.24, 2.45) is 0 Å². The van der Waals surface area contributed by atoms with Crippen LogP contribution in [0.5, 0.6) is 0 Å². The number of para-hydroxylation sites is 1. The van der Waals surface area contributed by atoms with Crippen molar-refractivity contribution in [2.75, 3.05) is 13.1 Å². The van der Waals surface area contributed by atoms with Crippen molar-refractivity contribution in [3.05, 3.63) is 59.1 Å². The van der Waals surface area contributed by atoms with Gasteiger partial charge in [0.15, 0.2) is 12.5 Å². The third kappa shape index (κ3) is 3.80. The summed E-state index contributed by atoms with van der Waals surface area (Å²) in [5, 5.41) is 4.97. The first-order valence-corrected chi connectivity index (χ1v) is 10.6. The van der Waals surface area contributed by atoms with Crippen molar-refractivity contribution >= 4 is 12.2 Å². The van der Waals surface area contributed by atoms with Crippen LogP contribution in [0.15, 0.2) is 48.8 Å². The summed E-state index contributed by atoms with van der Waals surface area (Å²) in [5.41, 5.74) is 3.37. The Morgan fingerprint density at radius 3 is 2.57 bits per heavy atom. The number of hydrogen-bond acceptors (Lipinski definition) is 3. The lowest BCUT2D eigenvalue weighted by atomic mass is 10.0. The number of benzene rings is 1. The minimum atomic E-state index is 0.399. The molecule has 28 heavy (non-hydrogen) atoms. The number of hydrogen-bond donors (Lipinski definition) is 1. The Morgan fingerprint density at radius 1 is 1.07 bits per heavy atom. The van der Waals surface area contributed by atoms with Crippen LogP contribution in [0, 0.1) is 4.77 Å². The Morgan fingerprint density at radius 2 is 1.86 bits per heavy atom. The second kappa shape index (κ2) is 8.37. The third-order valence-electron chi connectivity index (χ3n) is 5.49. The number of pyridine rings is 1. The first kappa shape index (κ1) is 19.0. The van der Waals surface area contributed by atoms with Gasteiger partial charge < -0.3 is 4.90 Å². The molecule has 1 aliphatic rings. The molecule has 3 aromatic rings. The van der Waals surface area contributed by atoms with Gasteiger partial charge in [-0.1, -0.05) is 32.0 Å². The fraction of sp³-hybridized carbons (Fsp3) is 0.409. The van der Waals surface area contributed by atoms with Crippen LogP contribution in [0.4, 0.5) is 0 Å². The SMILES string of the molecule is CC(C)c1ccccc1-n1c(-c2cccnc2)nn(C[NH+]2CCCCC2)c1=S. The van der Waals surface area contributed by atoms with Gasteiger partial charge in [-0.05, 0) is 61.2 Å². The van der Waals surface area contributed by atoms with E-state index in [0.717, 1.165) is 28.5 Å². The number of rotatable bonds is 5. The van der Waals surface area contributed by atoms with Gasteiger partial charge in [0.25, 0.3) is 0 Å². The zero-order valence-electron chi connectivity index (χ0n) is 16.6. The van der Waals surface area contributed by atoms with E-state index in [1.807, 2.05) is 16.9 Å². The van der Waals surface area contributed by atoms with Gasteiger partial charge in [-0.2, -0.15) is 4.68 Å². The van der Waals surface area contributed by atoms with Crippen molar-refractivity contribution in [3.8, 4) is 17.1 Å². The van der Waals surface area contributed by atoms with E-state index in [1.54, 1.807) is 11.1 Å². The zero-order chi connectivity index (χ0) is 19.5. The lowest BCUT2D eigenvalue weighted by molar-refractivity contribution is -0.928. The van der Waals surface area contributed by atoms with E-state index in [-0.39, 0.29) is 0 Å². The summed E-state index contributed by atoms with van der Waals surface area (Å²) >= 11 is 5.94. The smallest absolute Gasteiger partial charge is 0.207 e. The van der Waals surface area contributed by atoms with Gasteiger partial charge >= 0.3 is 0 Å². The zero-order valence-corrected chi connectivity index (χ0v) is 17.5. The van der Waals surface area contributed by atoms with Crippen LogP contribution < -0.4 is 4.90 Å². The van der Waals surface area contributed by atoms with E-state index in [2.05, 4.69) is 53.7 Å². The van der Waals surface area contributed by atoms with Gasteiger partial charge in [-0.3, -0.25) is 9.55 Å². The number of piperidine rings is 1. The van der Waals surface area contributed by atoms with Crippen LogP contribution in [0.1, 0.15) is 44.6 Å². The molecule has 2 aromatic heterocycles. The van der Waals surface area contributed by atoms with Gasteiger partial charge in [0.1, 0.15) is 0 Å². The molecule has 0 aliphatic carbocycles. The number of nitrogens with zero attached hydrogens (tertiary/aromatic N) is 4. The summed E-state index contributed by atoms with van der Waals surface area (Å²) < 4.78 is 4.89. The second-order valence-electron chi connectivity index (χ2n) is 7.87. The lowest BCUT2D eigenvalue weighted by Crippen LogP contribution is -3.12. The fourth-order valence-corrected chi connectivity index (χ4v) is 4.30. The number of aromatic nitrogens is 4. The Labute approximate surface area is 171 Å². The highest BCUT2D eigenvalue weighted by atomic mass is 32.1. The molecule has 0 atom stereocenters. The molecule has 146 valence electrons. The Bertz CT molecular complexity index is 984. The number of likely N-dealkylation sites (tertiary alicyclic amines) is 1. The predicted molar refractivity (Wildman–Crippen MR) is 114 cm³/mol. The molecule has 0 saturated carbocycles. The van der Waals surface area contributed by atoms with E-state index in [1.165, 1.54) is 37.9 Å². The average molecular weight is 395 g/mol. The molecule has 0 radical (unpaired) electrons. The monoisotopic (exact) mass is 394 g/mol. The van der Waals surface area contributed by atoms with Gasteiger partial charge in [0.2, 0.25) is 4.77 Å². The van der Waals surface area contributed by atoms with Crippen LogP contribution in [0.3, 0.4) is 0 Å². The molecule has 1 fully saturated rings. The standard InChI is InChI=1S/C22H27N5S/c1-17(2)19-10-4-5-11-20(19)27-21(18-9-8-12-23-15-18)24-26(22(27)28)16-25-13-6-3-7-14-25/h4-5,8-12,15,17H,3,6-7,13-14,16H2,1-2H3/p+1. The maximum atomic E-state index is 5.94. The molecule has 1 N–H and O–H groups in total. The fourth-order valence-electron chi connectivity index (χ4n) is 4.01. The maximum absolute atomic E-state index is 5.94. The minimum Gasteiger partial charge on any atom is -0.316 e. The first-order chi connectivity index (χ1) is 13.6. The molecule has 6 heteroatoms. The molecule has 1 saturated heterocycles. The average Bonchev–Trinajstić information content (AvgIpc) is 3.05. The van der Waals surface area contributed by atoms with Gasteiger partial charge in [0, 0.05) is 18.0 Å². The van der Waals surface area contributed by atoms with E-state index < -0.39 is 0 Å². The van der Waals surface area contributed by atoms with Crippen molar-refractivity contribution in [3.63, 3.8) is 0 Å². The highest BCUT2D eigenvalue weighted by molar-refractivity contribution is 7.71. The molecule has 5 nitrogen and oxygen atoms in total. The molecule has 3 heterocycles. The van der Waals surface area contributed by atoms with Crippen LogP contribution >= 0.6 is 12.2 Å². The molecular formula is C22H28N5S+. The Hall–Kier alpha value is -2.31. The van der Waals surface area contributed by atoms with Gasteiger partial charge in [-0.15, -0.1) is 5.10 Å². The molecule has 0 spiro atoms. The van der Waals surface area contributed by atoms with E-state index in [9.17, 15) is 0 Å². The Balaban J connectivity index is 1.85. The number of quaternary nitrogens is 1. The quantitative estimate of drug-likeness (QED) is 0.672. The van der Waals surface area contributed by atoms with E-state index >= 15 is 0 Å². The molecular weight excluding hydrogens is 366 g/mol. The molecule has 0 bridgehead atoms. The Kier molecular flexibility index (Phi) is 5.69. The normalized spacial score (nSPS) is 15.2. The minimum absolute atomic E-state index is 0.399. The molecule has 1 aromatic carbocycles. The van der Waals surface area contributed by atoms with Gasteiger partial charge in [-0.25, -0.2) is 0 Å². The topological polar surface area (TPSA) is 40.1 Å². The summed E-state index contributed by atoms with van der Waals surface area (Å²) in [6, 6.07) is 12.5. The third-order valence-corrected chi connectivity index (χ3v) is 5.89. The first-order valence-electron chi connectivity index (χ1n) is 10.2. The summed E-state index contributed by atoms with van der Waals surface area (Å²) in [6.45, 7) is 7.64. The number of nitrogens with one attached hydrogen (secondary N) is 1. The van der Waals surface area contributed by atoms with Crippen LogP contribution in [-0.2, 0) is 6.67 Å². The molecule has 4 rings (SSSR count). The van der Waals surface area contributed by atoms with Gasteiger partial charge in [0.05, 0.1) is 18.8 Å². The summed E-state index contributed by atoms with van der Waals surface area (Å²) in [5.74, 6) is 1.26. The highest BCUT2D eigenvalue weighted by Gasteiger charge is 2.21. The van der Waals surface area contributed by atoms with Crippen LogP contribution in [0.2, 0.25) is 0 Å². The second-order valence-corrected chi connectivity index (χ2v) is 8.23. The lowest BCUT2D eigenvalue weighted by Gasteiger charge is -2.22. The molecule has 0 amide bonds. The van der Waals surface area contributed by atoms with Crippen LogP contribution in [-0.4, -0.2) is 32.4 Å². The predicted octanol–water partition coefficient (Wildman–Crippen LogP) is 3.61. The summed E-state index contributed by atoms with van der Waals surface area (Å²) in [6.07, 6.45) is 7.57. The summed E-state index contributed by atoms with van der Waals surface area (Å²) in [4.78, 5) is 5.86. The molecule has 0 unspecified atom stereocenters. The van der Waals surface area contributed by atoms with E-state index in [4.69, 9.17) is 17.3 Å². The maximum Gasteiger partial charge on any atom is 0.207 e. The van der Waals surface area contributed by atoms with Crippen molar-refractivity contribution in [2.45, 2.75) is 45.7 Å². The van der Waals surface area contributed by atoms with Crippen LogP contribution in [0.25, 0.3) is 17.1 Å². The van der Waals surface area contributed by atoms with E-state index in [0.29, 0.717) is 5.92 Å². The van der Waals surface area contributed by atoms with Crippen molar-refractivity contribution in [1.82, 2.24) is 19.3 Å². The van der Waals surface area contributed by atoms with Crippen molar-refractivity contribution in [1.29, 1.82) is 0 Å². The highest BCUT2D eigenvalue weighted by Crippen LogP contribution is 2.28. The van der Waals surface area contributed by atoms with Crippen molar-refractivity contribution < 1.29 is 4.90 Å². The molecule has 1 aliphatic heterocycles. The summed E-state index contributed by atoms with van der Waals surface area (Å²) in [7, 11) is 0.